The van der Waals surface area contributed by atoms with E-state index in [1.54, 1.807) is 4.90 Å². The molecule has 6 heteroatoms. The molecular weight excluding hydrogens is 358 g/mol. The maximum atomic E-state index is 13.5. The number of amides is 1. The highest BCUT2D eigenvalue weighted by Crippen LogP contribution is 2.49. The summed E-state index contributed by atoms with van der Waals surface area (Å²) >= 11 is 0. The van der Waals surface area contributed by atoms with Crippen molar-refractivity contribution in [1.29, 1.82) is 0 Å². The summed E-state index contributed by atoms with van der Waals surface area (Å²) in [6, 6.07) is 15.1. The number of fused-ring (bicyclic) bond motifs is 2. The predicted molar refractivity (Wildman–Crippen MR) is 101 cm³/mol. The van der Waals surface area contributed by atoms with Gasteiger partial charge in [-0.2, -0.15) is 0 Å². The monoisotopic (exact) mass is 381 g/mol. The zero-order valence-electron chi connectivity index (χ0n) is 15.7. The Morgan fingerprint density at radius 2 is 1.89 bits per heavy atom. The first-order valence-corrected chi connectivity index (χ1v) is 9.67. The van der Waals surface area contributed by atoms with Crippen LogP contribution in [0.3, 0.4) is 0 Å². The third-order valence-corrected chi connectivity index (χ3v) is 6.12. The number of benzene rings is 2. The summed E-state index contributed by atoms with van der Waals surface area (Å²) in [5.74, 6) is 1.09. The molecule has 2 aromatic rings. The average molecular weight is 381 g/mol. The summed E-state index contributed by atoms with van der Waals surface area (Å²) < 4.78 is 17.2. The molecule has 1 unspecified atom stereocenters. The minimum absolute atomic E-state index is 0.00917. The molecule has 1 amide bonds. The van der Waals surface area contributed by atoms with Gasteiger partial charge in [-0.1, -0.05) is 36.4 Å². The highest BCUT2D eigenvalue weighted by Gasteiger charge is 2.56. The Morgan fingerprint density at radius 1 is 1.11 bits per heavy atom. The van der Waals surface area contributed by atoms with E-state index in [-0.39, 0.29) is 31.3 Å². The van der Waals surface area contributed by atoms with E-state index in [0.717, 1.165) is 11.1 Å². The Labute approximate surface area is 163 Å². The van der Waals surface area contributed by atoms with Crippen molar-refractivity contribution in [2.45, 2.75) is 43.6 Å². The van der Waals surface area contributed by atoms with Crippen molar-refractivity contribution in [2.24, 2.45) is 0 Å². The van der Waals surface area contributed by atoms with Gasteiger partial charge in [0.05, 0.1) is 18.6 Å². The van der Waals surface area contributed by atoms with Crippen molar-refractivity contribution in [3.63, 3.8) is 0 Å². The first kappa shape index (κ1) is 17.5. The van der Waals surface area contributed by atoms with E-state index in [1.807, 2.05) is 55.5 Å². The summed E-state index contributed by atoms with van der Waals surface area (Å²) in [4.78, 5) is 15.3. The fraction of sp³-hybridized carbons (Fsp3) is 0.409. The van der Waals surface area contributed by atoms with Crippen LogP contribution in [0.5, 0.6) is 11.5 Å². The maximum absolute atomic E-state index is 13.5. The zero-order chi connectivity index (χ0) is 19.3. The second-order valence-corrected chi connectivity index (χ2v) is 7.79. The lowest BCUT2D eigenvalue weighted by molar-refractivity contribution is -0.162. The van der Waals surface area contributed by atoms with Crippen LogP contribution in [0, 0.1) is 0 Å². The standard InChI is InChI=1S/C22H23NO5/c1-22-10-9-16(15-7-8-18-19(11-15)27-13-26-18)21(25)23(22)17(12-24)20(28-22)14-5-3-2-4-6-14/h2-8,11,16-17,20,24H,9-10,12-13H2,1H3/t16?,17-,20-,22+/m0/s1. The number of ether oxygens (including phenoxy) is 3. The Balaban J connectivity index is 1.48. The van der Waals surface area contributed by atoms with Crippen LogP contribution in [-0.2, 0) is 9.53 Å². The fourth-order valence-corrected chi connectivity index (χ4v) is 4.72. The molecule has 3 aliphatic heterocycles. The van der Waals surface area contributed by atoms with Crippen molar-refractivity contribution in [1.82, 2.24) is 4.90 Å². The molecule has 0 aromatic heterocycles. The third-order valence-electron chi connectivity index (χ3n) is 6.12. The predicted octanol–water partition coefficient (Wildman–Crippen LogP) is 2.97. The molecule has 146 valence electrons. The van der Waals surface area contributed by atoms with Crippen LogP contribution < -0.4 is 9.47 Å². The molecule has 1 N–H and O–H groups in total. The van der Waals surface area contributed by atoms with Gasteiger partial charge in [0.15, 0.2) is 11.5 Å². The van der Waals surface area contributed by atoms with Crippen molar-refractivity contribution in [2.75, 3.05) is 13.4 Å². The number of hydrogen-bond donors (Lipinski definition) is 1. The minimum atomic E-state index is -0.710. The number of aliphatic hydroxyl groups excluding tert-OH is 1. The van der Waals surface area contributed by atoms with Gasteiger partial charge in [-0.25, -0.2) is 0 Å². The summed E-state index contributed by atoms with van der Waals surface area (Å²) in [6.45, 7) is 2.02. The quantitative estimate of drug-likeness (QED) is 0.885. The van der Waals surface area contributed by atoms with Gasteiger partial charge in [0.2, 0.25) is 12.7 Å². The van der Waals surface area contributed by atoms with Gasteiger partial charge in [-0.05, 0) is 43.0 Å². The van der Waals surface area contributed by atoms with Gasteiger partial charge in [0.25, 0.3) is 0 Å². The molecule has 0 spiro atoms. The lowest BCUT2D eigenvalue weighted by Gasteiger charge is -2.43. The highest BCUT2D eigenvalue weighted by molar-refractivity contribution is 5.86. The summed E-state index contributed by atoms with van der Waals surface area (Å²) in [6.07, 6.45) is 1.05. The third kappa shape index (κ3) is 2.59. The summed E-state index contributed by atoms with van der Waals surface area (Å²) in [5, 5.41) is 10.1. The number of carbonyl (C=O) groups is 1. The van der Waals surface area contributed by atoms with E-state index >= 15 is 0 Å². The lowest BCUT2D eigenvalue weighted by Crippen LogP contribution is -2.55. The first-order valence-electron chi connectivity index (χ1n) is 9.67. The van der Waals surface area contributed by atoms with E-state index < -0.39 is 11.8 Å². The molecule has 0 bridgehead atoms. The second kappa shape index (κ2) is 6.50. The van der Waals surface area contributed by atoms with Crippen LogP contribution in [0.1, 0.15) is 42.9 Å². The van der Waals surface area contributed by atoms with Gasteiger partial charge in [0.1, 0.15) is 11.8 Å². The molecule has 4 atom stereocenters. The van der Waals surface area contributed by atoms with Crippen molar-refractivity contribution < 1.29 is 24.1 Å². The van der Waals surface area contributed by atoms with Crippen molar-refractivity contribution in [3.05, 3.63) is 59.7 Å². The topological polar surface area (TPSA) is 68.2 Å². The van der Waals surface area contributed by atoms with E-state index in [0.29, 0.717) is 24.3 Å². The fourth-order valence-electron chi connectivity index (χ4n) is 4.72. The molecule has 28 heavy (non-hydrogen) atoms. The van der Waals surface area contributed by atoms with E-state index in [9.17, 15) is 9.90 Å². The van der Waals surface area contributed by atoms with Crippen LogP contribution in [0.4, 0.5) is 0 Å². The number of nitrogens with zero attached hydrogens (tertiary/aromatic N) is 1. The van der Waals surface area contributed by atoms with Crippen molar-refractivity contribution >= 4 is 5.91 Å². The van der Waals surface area contributed by atoms with Gasteiger partial charge < -0.3 is 24.2 Å². The molecule has 2 fully saturated rings. The van der Waals surface area contributed by atoms with Gasteiger partial charge >= 0.3 is 0 Å². The van der Waals surface area contributed by atoms with Crippen molar-refractivity contribution in [3.8, 4) is 11.5 Å². The SMILES string of the molecule is C[C@@]12CCC(c3ccc4c(c3)OCO4)C(=O)N1[C@@H](CO)[C@H](c1ccccc1)O2. The number of rotatable bonds is 3. The summed E-state index contributed by atoms with van der Waals surface area (Å²) in [7, 11) is 0. The Kier molecular flexibility index (Phi) is 4.07. The summed E-state index contributed by atoms with van der Waals surface area (Å²) in [5.41, 5.74) is 1.18. The highest BCUT2D eigenvalue weighted by atomic mass is 16.7. The molecule has 0 aliphatic carbocycles. The van der Waals surface area contributed by atoms with E-state index in [2.05, 4.69) is 0 Å². The van der Waals surface area contributed by atoms with Crippen LogP contribution in [-0.4, -0.2) is 41.1 Å². The average Bonchev–Trinajstić information content (AvgIpc) is 3.30. The molecule has 0 saturated carbocycles. The van der Waals surface area contributed by atoms with Crippen LogP contribution in [0.2, 0.25) is 0 Å². The van der Waals surface area contributed by atoms with Crippen LogP contribution in [0.25, 0.3) is 0 Å². The molecule has 3 heterocycles. The lowest BCUT2D eigenvalue weighted by atomic mass is 9.84. The number of piperidine rings is 1. The van der Waals surface area contributed by atoms with E-state index in [1.165, 1.54) is 0 Å². The molecule has 3 aliphatic rings. The molecule has 2 saturated heterocycles. The first-order chi connectivity index (χ1) is 13.6. The molecule has 5 rings (SSSR count). The maximum Gasteiger partial charge on any atom is 0.232 e. The van der Waals surface area contributed by atoms with Crippen LogP contribution >= 0.6 is 0 Å². The normalized spacial score (nSPS) is 31.1. The molecule has 6 nitrogen and oxygen atoms in total. The van der Waals surface area contributed by atoms with E-state index in [4.69, 9.17) is 14.2 Å². The Bertz CT molecular complexity index is 901. The molecule has 0 radical (unpaired) electrons. The zero-order valence-corrected chi connectivity index (χ0v) is 15.7. The number of hydrogen-bond acceptors (Lipinski definition) is 5. The largest absolute Gasteiger partial charge is 0.454 e. The molecule has 2 aromatic carbocycles. The van der Waals surface area contributed by atoms with Gasteiger partial charge in [0, 0.05) is 0 Å². The number of aliphatic hydroxyl groups is 1. The number of carbonyl (C=O) groups excluding carboxylic acids is 1. The molecular formula is C22H23NO5. The Morgan fingerprint density at radius 3 is 2.68 bits per heavy atom. The van der Waals surface area contributed by atoms with Gasteiger partial charge in [-0.3, -0.25) is 4.79 Å². The van der Waals surface area contributed by atoms with Crippen LogP contribution in [0.15, 0.2) is 48.5 Å². The second-order valence-electron chi connectivity index (χ2n) is 7.79. The van der Waals surface area contributed by atoms with Gasteiger partial charge in [-0.15, -0.1) is 0 Å². The Hall–Kier alpha value is -2.57. The minimum Gasteiger partial charge on any atom is -0.454 e. The smallest absolute Gasteiger partial charge is 0.232 e.